The van der Waals surface area contributed by atoms with E-state index in [1.165, 1.54) is 0 Å². The molecule has 4 aromatic rings. The number of rotatable bonds is 5. The molecule has 0 unspecified atom stereocenters. The van der Waals surface area contributed by atoms with Crippen LogP contribution < -0.4 is 4.74 Å². The highest BCUT2D eigenvalue weighted by atomic mass is 35.5. The number of hydrogen-bond donors (Lipinski definition) is 1. The standard InChI is InChI=1S/C26H17Cl3O3/c1-32-25-14-17(18-4-2-3-5-21(18)26(30)31)7-10-20(25)19-9-6-15(12-23(19)28)16-8-11-22(27)24(29)13-16/h2-14H,1H3,(H,30,31). The summed E-state index contributed by atoms with van der Waals surface area (Å²) in [5, 5.41) is 11.0. The Kier molecular flexibility index (Phi) is 6.43. The Balaban J connectivity index is 1.76. The zero-order chi connectivity index (χ0) is 22.8. The van der Waals surface area contributed by atoms with Crippen LogP contribution in [-0.2, 0) is 0 Å². The monoisotopic (exact) mass is 482 g/mol. The van der Waals surface area contributed by atoms with Crippen molar-refractivity contribution in [1.82, 2.24) is 0 Å². The van der Waals surface area contributed by atoms with Crippen molar-refractivity contribution in [3.8, 4) is 39.1 Å². The number of carbonyl (C=O) groups is 1. The highest BCUT2D eigenvalue weighted by Crippen LogP contribution is 2.40. The summed E-state index contributed by atoms with van der Waals surface area (Å²) < 4.78 is 5.62. The minimum Gasteiger partial charge on any atom is -0.496 e. The van der Waals surface area contributed by atoms with E-state index in [0.717, 1.165) is 27.8 Å². The molecule has 1 N–H and O–H groups in total. The van der Waals surface area contributed by atoms with E-state index >= 15 is 0 Å². The molecule has 0 amide bonds. The number of benzene rings is 4. The molecule has 32 heavy (non-hydrogen) atoms. The number of aromatic carboxylic acids is 1. The third-order valence-electron chi connectivity index (χ3n) is 5.18. The average Bonchev–Trinajstić information content (AvgIpc) is 2.80. The highest BCUT2D eigenvalue weighted by molar-refractivity contribution is 6.42. The van der Waals surface area contributed by atoms with Crippen LogP contribution >= 0.6 is 34.8 Å². The van der Waals surface area contributed by atoms with Gasteiger partial charge in [-0.15, -0.1) is 0 Å². The van der Waals surface area contributed by atoms with Gasteiger partial charge in [0, 0.05) is 16.1 Å². The Morgan fingerprint density at radius 1 is 0.688 bits per heavy atom. The lowest BCUT2D eigenvalue weighted by Crippen LogP contribution is -1.99. The third-order valence-corrected chi connectivity index (χ3v) is 6.23. The Labute approximate surface area is 200 Å². The minimum atomic E-state index is -0.982. The van der Waals surface area contributed by atoms with Crippen LogP contribution in [0.1, 0.15) is 10.4 Å². The van der Waals surface area contributed by atoms with Crippen molar-refractivity contribution in [2.75, 3.05) is 7.11 Å². The van der Waals surface area contributed by atoms with Gasteiger partial charge >= 0.3 is 5.97 Å². The molecule has 0 saturated carbocycles. The Morgan fingerprint density at radius 2 is 1.31 bits per heavy atom. The van der Waals surface area contributed by atoms with Gasteiger partial charge < -0.3 is 9.84 Å². The van der Waals surface area contributed by atoms with Gasteiger partial charge in [0.2, 0.25) is 0 Å². The lowest BCUT2D eigenvalue weighted by Gasteiger charge is -2.14. The second-order valence-electron chi connectivity index (χ2n) is 7.09. The Hall–Kier alpha value is -2.98. The highest BCUT2D eigenvalue weighted by Gasteiger charge is 2.16. The van der Waals surface area contributed by atoms with E-state index in [1.807, 2.05) is 42.5 Å². The van der Waals surface area contributed by atoms with Gasteiger partial charge in [-0.1, -0.05) is 77.3 Å². The lowest BCUT2D eigenvalue weighted by molar-refractivity contribution is 0.0697. The molecule has 3 nitrogen and oxygen atoms in total. The summed E-state index contributed by atoms with van der Waals surface area (Å²) in [5.41, 5.74) is 4.99. The topological polar surface area (TPSA) is 46.5 Å². The summed E-state index contributed by atoms with van der Waals surface area (Å²) >= 11 is 18.8. The SMILES string of the molecule is COc1cc(-c2ccccc2C(=O)O)ccc1-c1ccc(-c2ccc(Cl)c(Cl)c2)cc1Cl. The van der Waals surface area contributed by atoms with E-state index in [9.17, 15) is 9.90 Å². The van der Waals surface area contributed by atoms with Crippen LogP contribution in [0.25, 0.3) is 33.4 Å². The summed E-state index contributed by atoms with van der Waals surface area (Å²) in [5.74, 6) is -0.392. The van der Waals surface area contributed by atoms with E-state index in [0.29, 0.717) is 26.4 Å². The molecule has 0 aliphatic rings. The van der Waals surface area contributed by atoms with Gasteiger partial charge in [0.1, 0.15) is 5.75 Å². The van der Waals surface area contributed by atoms with Crippen molar-refractivity contribution >= 4 is 40.8 Å². The quantitative estimate of drug-likeness (QED) is 0.310. The molecular weight excluding hydrogens is 467 g/mol. The molecule has 0 spiro atoms. The molecular formula is C26H17Cl3O3. The molecule has 160 valence electrons. The average molecular weight is 484 g/mol. The van der Waals surface area contributed by atoms with Gasteiger partial charge in [0.05, 0.1) is 22.7 Å². The normalized spacial score (nSPS) is 10.8. The van der Waals surface area contributed by atoms with Gasteiger partial charge in [-0.25, -0.2) is 4.79 Å². The van der Waals surface area contributed by atoms with Gasteiger partial charge in [0.15, 0.2) is 0 Å². The summed E-state index contributed by atoms with van der Waals surface area (Å²) in [4.78, 5) is 11.6. The minimum absolute atomic E-state index is 0.228. The van der Waals surface area contributed by atoms with Crippen molar-refractivity contribution < 1.29 is 14.6 Å². The molecule has 0 heterocycles. The maximum Gasteiger partial charge on any atom is 0.336 e. The molecule has 0 saturated heterocycles. The van der Waals surface area contributed by atoms with E-state index in [4.69, 9.17) is 39.5 Å². The van der Waals surface area contributed by atoms with Crippen LogP contribution in [0.4, 0.5) is 0 Å². The van der Waals surface area contributed by atoms with E-state index in [-0.39, 0.29) is 5.56 Å². The van der Waals surface area contributed by atoms with Gasteiger partial charge in [0.25, 0.3) is 0 Å². The first-order valence-corrected chi connectivity index (χ1v) is 10.8. The first-order chi connectivity index (χ1) is 15.4. The summed E-state index contributed by atoms with van der Waals surface area (Å²) in [6, 6.07) is 23.6. The van der Waals surface area contributed by atoms with Crippen molar-refractivity contribution in [2.24, 2.45) is 0 Å². The predicted molar refractivity (Wildman–Crippen MR) is 131 cm³/mol. The number of carboxylic acid groups (broad SMARTS) is 1. The fraction of sp³-hybridized carbons (Fsp3) is 0.0385. The van der Waals surface area contributed by atoms with E-state index in [1.54, 1.807) is 43.5 Å². The molecule has 6 heteroatoms. The molecule has 0 aliphatic carbocycles. The molecule has 4 rings (SSSR count). The largest absolute Gasteiger partial charge is 0.496 e. The van der Waals surface area contributed by atoms with Crippen molar-refractivity contribution in [3.05, 3.63) is 99.5 Å². The van der Waals surface area contributed by atoms with E-state index in [2.05, 4.69) is 0 Å². The number of hydrogen-bond acceptors (Lipinski definition) is 2. The fourth-order valence-corrected chi connectivity index (χ4v) is 4.17. The van der Waals surface area contributed by atoms with Crippen LogP contribution in [0.5, 0.6) is 5.75 Å². The number of carboxylic acids is 1. The maximum atomic E-state index is 11.6. The van der Waals surface area contributed by atoms with Crippen LogP contribution in [-0.4, -0.2) is 18.2 Å². The van der Waals surface area contributed by atoms with E-state index < -0.39 is 5.97 Å². The van der Waals surface area contributed by atoms with Crippen molar-refractivity contribution in [3.63, 3.8) is 0 Å². The predicted octanol–water partition coefficient (Wildman–Crippen LogP) is 8.35. The first-order valence-electron chi connectivity index (χ1n) is 9.65. The number of halogens is 3. The Morgan fingerprint density at radius 3 is 1.97 bits per heavy atom. The molecule has 0 bridgehead atoms. The summed E-state index contributed by atoms with van der Waals surface area (Å²) in [6.07, 6.45) is 0. The molecule has 0 aliphatic heterocycles. The van der Waals surface area contributed by atoms with Crippen LogP contribution in [0, 0.1) is 0 Å². The van der Waals surface area contributed by atoms with Gasteiger partial charge in [-0.05, 0) is 58.7 Å². The third kappa shape index (κ3) is 4.33. The van der Waals surface area contributed by atoms with Crippen molar-refractivity contribution in [1.29, 1.82) is 0 Å². The molecule has 0 atom stereocenters. The molecule has 4 aromatic carbocycles. The zero-order valence-corrected chi connectivity index (χ0v) is 19.2. The summed E-state index contributed by atoms with van der Waals surface area (Å²) in [6.45, 7) is 0. The first kappa shape index (κ1) is 22.2. The van der Waals surface area contributed by atoms with Crippen LogP contribution in [0.3, 0.4) is 0 Å². The second-order valence-corrected chi connectivity index (χ2v) is 8.31. The fourth-order valence-electron chi connectivity index (χ4n) is 3.59. The maximum absolute atomic E-state index is 11.6. The molecule has 0 radical (unpaired) electrons. The zero-order valence-electron chi connectivity index (χ0n) is 16.9. The van der Waals surface area contributed by atoms with Crippen LogP contribution in [0.2, 0.25) is 15.1 Å². The van der Waals surface area contributed by atoms with Gasteiger partial charge in [-0.3, -0.25) is 0 Å². The molecule has 0 fully saturated rings. The van der Waals surface area contributed by atoms with Crippen molar-refractivity contribution in [2.45, 2.75) is 0 Å². The smallest absolute Gasteiger partial charge is 0.336 e. The Bertz CT molecular complexity index is 1330. The summed E-state index contributed by atoms with van der Waals surface area (Å²) in [7, 11) is 1.57. The van der Waals surface area contributed by atoms with Crippen LogP contribution in [0.15, 0.2) is 78.9 Å². The van der Waals surface area contributed by atoms with Gasteiger partial charge in [-0.2, -0.15) is 0 Å². The molecule has 0 aromatic heterocycles. The second kappa shape index (κ2) is 9.25. The number of methoxy groups -OCH3 is 1. The lowest BCUT2D eigenvalue weighted by atomic mass is 9.95. The number of ether oxygens (including phenoxy) is 1.